The minimum Gasteiger partial charge on any atom is -0.352 e. The molecule has 1 atom stereocenters. The van der Waals surface area contributed by atoms with Gasteiger partial charge in [0.25, 0.3) is 0 Å². The summed E-state index contributed by atoms with van der Waals surface area (Å²) in [7, 11) is 0. The zero-order valence-corrected chi connectivity index (χ0v) is 9.09. The predicted octanol–water partition coefficient (Wildman–Crippen LogP) is 1.99. The Morgan fingerprint density at radius 3 is 2.69 bits per heavy atom. The first-order valence-corrected chi connectivity index (χ1v) is 5.38. The molecule has 1 aromatic heterocycles. The summed E-state index contributed by atoms with van der Waals surface area (Å²) in [6.07, 6.45) is 6.18. The zero-order chi connectivity index (χ0) is 11.5. The van der Waals surface area contributed by atoms with Gasteiger partial charge in [-0.3, -0.25) is 10.1 Å². The third kappa shape index (κ3) is 2.88. The molecule has 16 heavy (non-hydrogen) atoms. The van der Waals surface area contributed by atoms with Crippen molar-refractivity contribution in [1.29, 1.82) is 0 Å². The fraction of sp³-hybridized carbons (Fsp3) is 0.600. The van der Waals surface area contributed by atoms with Gasteiger partial charge < -0.3 is 5.32 Å². The average molecular weight is 222 g/mol. The Morgan fingerprint density at radius 2 is 2.19 bits per heavy atom. The van der Waals surface area contributed by atoms with Crippen LogP contribution in [0.2, 0.25) is 0 Å². The van der Waals surface area contributed by atoms with Gasteiger partial charge in [0.2, 0.25) is 5.95 Å². The number of nitro groups is 1. The predicted molar refractivity (Wildman–Crippen MR) is 59.1 cm³/mol. The second-order valence-corrected chi connectivity index (χ2v) is 4.25. The van der Waals surface area contributed by atoms with Gasteiger partial charge in [-0.15, -0.1) is 0 Å². The van der Waals surface area contributed by atoms with Gasteiger partial charge in [0.15, 0.2) is 0 Å². The van der Waals surface area contributed by atoms with Crippen molar-refractivity contribution in [3.8, 4) is 0 Å². The molecular formula is C10H14N4O2. The van der Waals surface area contributed by atoms with Gasteiger partial charge in [-0.1, -0.05) is 12.8 Å². The van der Waals surface area contributed by atoms with E-state index in [2.05, 4.69) is 22.2 Å². The van der Waals surface area contributed by atoms with Crippen LogP contribution in [0.5, 0.6) is 0 Å². The maximum absolute atomic E-state index is 10.4. The van der Waals surface area contributed by atoms with E-state index in [1.165, 1.54) is 25.2 Å². The Bertz CT molecular complexity index is 375. The molecule has 86 valence electrons. The fourth-order valence-corrected chi connectivity index (χ4v) is 1.62. The SMILES string of the molecule is CC(CC1CC1)Nc1ncc([N+](=O)[O-])cn1. The molecule has 1 fully saturated rings. The molecule has 1 unspecified atom stereocenters. The molecule has 6 nitrogen and oxygen atoms in total. The third-order valence-corrected chi connectivity index (χ3v) is 2.61. The summed E-state index contributed by atoms with van der Waals surface area (Å²) in [6, 6.07) is 0.314. The number of hydrogen-bond donors (Lipinski definition) is 1. The molecule has 0 aromatic carbocycles. The Labute approximate surface area is 93.3 Å². The first kappa shape index (κ1) is 10.8. The van der Waals surface area contributed by atoms with Crippen LogP contribution in [0, 0.1) is 16.0 Å². The standard InChI is InChI=1S/C10H14N4O2/c1-7(4-8-2-3-8)13-10-11-5-9(6-12-10)14(15)16/h5-8H,2-4H2,1H3,(H,11,12,13). The van der Waals surface area contributed by atoms with Gasteiger partial charge in [0.1, 0.15) is 12.4 Å². The van der Waals surface area contributed by atoms with Gasteiger partial charge in [0, 0.05) is 6.04 Å². The largest absolute Gasteiger partial charge is 0.352 e. The molecular weight excluding hydrogens is 208 g/mol. The van der Waals surface area contributed by atoms with Gasteiger partial charge in [-0.05, 0) is 19.3 Å². The van der Waals surface area contributed by atoms with E-state index in [4.69, 9.17) is 0 Å². The van der Waals surface area contributed by atoms with Gasteiger partial charge >= 0.3 is 5.69 Å². The smallest absolute Gasteiger partial charge is 0.305 e. The van der Waals surface area contributed by atoms with Crippen LogP contribution in [0.4, 0.5) is 11.6 Å². The summed E-state index contributed by atoms with van der Waals surface area (Å²) in [5.74, 6) is 1.29. The number of nitrogens with one attached hydrogen (secondary N) is 1. The number of aromatic nitrogens is 2. The van der Waals surface area contributed by atoms with Gasteiger partial charge in [-0.25, -0.2) is 9.97 Å². The molecule has 6 heteroatoms. The Hall–Kier alpha value is -1.72. The lowest BCUT2D eigenvalue weighted by Crippen LogP contribution is -2.17. The lowest BCUT2D eigenvalue weighted by Gasteiger charge is -2.12. The molecule has 2 rings (SSSR count). The third-order valence-electron chi connectivity index (χ3n) is 2.61. The second-order valence-electron chi connectivity index (χ2n) is 4.25. The minimum atomic E-state index is -0.503. The maximum atomic E-state index is 10.4. The number of anilines is 1. The van der Waals surface area contributed by atoms with Crippen LogP contribution >= 0.6 is 0 Å². The van der Waals surface area contributed by atoms with Crippen LogP contribution in [0.1, 0.15) is 26.2 Å². The van der Waals surface area contributed by atoms with E-state index in [1.54, 1.807) is 0 Å². The highest BCUT2D eigenvalue weighted by molar-refractivity contribution is 5.31. The molecule has 0 amide bonds. The second kappa shape index (κ2) is 4.42. The zero-order valence-electron chi connectivity index (χ0n) is 9.09. The van der Waals surface area contributed by atoms with Gasteiger partial charge in [-0.2, -0.15) is 0 Å². The summed E-state index contributed by atoms with van der Waals surface area (Å²) in [6.45, 7) is 2.07. The summed E-state index contributed by atoms with van der Waals surface area (Å²) in [5, 5.41) is 13.5. The minimum absolute atomic E-state index is 0.0830. The first-order chi connectivity index (χ1) is 7.65. The van der Waals surface area contributed by atoms with Crippen molar-refractivity contribution in [1.82, 2.24) is 9.97 Å². The molecule has 1 aromatic rings. The van der Waals surface area contributed by atoms with Crippen LogP contribution < -0.4 is 5.32 Å². The quantitative estimate of drug-likeness (QED) is 0.608. The molecule has 1 N–H and O–H groups in total. The fourth-order valence-electron chi connectivity index (χ4n) is 1.62. The number of hydrogen-bond acceptors (Lipinski definition) is 5. The topological polar surface area (TPSA) is 81.0 Å². The van der Waals surface area contributed by atoms with Crippen molar-refractivity contribution in [2.45, 2.75) is 32.2 Å². The van der Waals surface area contributed by atoms with Crippen LogP contribution in [0.25, 0.3) is 0 Å². The maximum Gasteiger partial charge on any atom is 0.305 e. The van der Waals surface area contributed by atoms with E-state index >= 15 is 0 Å². The molecule has 1 aliphatic rings. The van der Waals surface area contributed by atoms with Crippen LogP contribution in [0.15, 0.2) is 12.4 Å². The van der Waals surface area contributed by atoms with E-state index in [0.717, 1.165) is 12.3 Å². The van der Waals surface area contributed by atoms with Gasteiger partial charge in [0.05, 0.1) is 4.92 Å². The van der Waals surface area contributed by atoms with Crippen molar-refractivity contribution in [2.75, 3.05) is 5.32 Å². The molecule has 0 aliphatic heterocycles. The van der Waals surface area contributed by atoms with E-state index in [0.29, 0.717) is 12.0 Å². The highest BCUT2D eigenvalue weighted by Crippen LogP contribution is 2.33. The number of rotatable bonds is 5. The van der Waals surface area contributed by atoms with E-state index in [9.17, 15) is 10.1 Å². The van der Waals surface area contributed by atoms with Crippen molar-refractivity contribution < 1.29 is 4.92 Å². The van der Waals surface area contributed by atoms with Crippen molar-refractivity contribution in [2.24, 2.45) is 5.92 Å². The highest BCUT2D eigenvalue weighted by Gasteiger charge is 2.23. The Balaban J connectivity index is 1.90. The lowest BCUT2D eigenvalue weighted by atomic mass is 10.2. The van der Waals surface area contributed by atoms with Crippen LogP contribution in [-0.2, 0) is 0 Å². The first-order valence-electron chi connectivity index (χ1n) is 5.38. The van der Waals surface area contributed by atoms with E-state index in [-0.39, 0.29) is 5.69 Å². The van der Waals surface area contributed by atoms with Crippen molar-refractivity contribution >= 4 is 11.6 Å². The summed E-state index contributed by atoms with van der Waals surface area (Å²) >= 11 is 0. The molecule has 0 saturated heterocycles. The Kier molecular flexibility index (Phi) is 2.98. The molecule has 1 heterocycles. The Morgan fingerprint density at radius 1 is 1.56 bits per heavy atom. The van der Waals surface area contributed by atoms with Crippen molar-refractivity contribution in [3.05, 3.63) is 22.5 Å². The molecule has 0 spiro atoms. The molecule has 0 bridgehead atoms. The highest BCUT2D eigenvalue weighted by atomic mass is 16.6. The van der Waals surface area contributed by atoms with E-state index < -0.39 is 4.92 Å². The monoisotopic (exact) mass is 222 g/mol. The normalized spacial score (nSPS) is 16.8. The molecule has 0 radical (unpaired) electrons. The summed E-state index contributed by atoms with van der Waals surface area (Å²) in [4.78, 5) is 17.7. The van der Waals surface area contributed by atoms with E-state index in [1.807, 2.05) is 0 Å². The van der Waals surface area contributed by atoms with Crippen LogP contribution in [-0.4, -0.2) is 20.9 Å². The summed E-state index contributed by atoms with van der Waals surface area (Å²) < 4.78 is 0. The average Bonchev–Trinajstić information content (AvgIpc) is 3.02. The van der Waals surface area contributed by atoms with Crippen molar-refractivity contribution in [3.63, 3.8) is 0 Å². The lowest BCUT2D eigenvalue weighted by molar-refractivity contribution is -0.385. The molecule has 1 aliphatic carbocycles. The molecule has 1 saturated carbocycles. The number of nitrogens with zero attached hydrogens (tertiary/aromatic N) is 3. The summed E-state index contributed by atoms with van der Waals surface area (Å²) in [5.41, 5.74) is -0.0830. The van der Waals surface area contributed by atoms with Crippen LogP contribution in [0.3, 0.4) is 0 Å².